The molecule has 1 aromatic carbocycles. The van der Waals surface area contributed by atoms with Crippen LogP contribution in [0.25, 0.3) is 0 Å². The number of amides is 1. The monoisotopic (exact) mass is 231 g/mol. The molecule has 0 saturated heterocycles. The van der Waals surface area contributed by atoms with Crippen molar-refractivity contribution in [3.63, 3.8) is 0 Å². The lowest BCUT2D eigenvalue weighted by molar-refractivity contribution is 0.0934. The topological polar surface area (TPSA) is 49.3 Å². The molecule has 0 heterocycles. The van der Waals surface area contributed by atoms with Gasteiger partial charge in [-0.25, -0.2) is 0 Å². The Bertz CT molecular complexity index is 452. The molecule has 2 N–H and O–H groups in total. The number of benzene rings is 1. The zero-order valence-corrected chi connectivity index (χ0v) is 9.94. The molecular weight excluding hydrogens is 214 g/mol. The Morgan fingerprint density at radius 3 is 2.88 bits per heavy atom. The summed E-state index contributed by atoms with van der Waals surface area (Å²) in [5.74, 6) is 0.0572. The maximum absolute atomic E-state index is 11.9. The summed E-state index contributed by atoms with van der Waals surface area (Å²) < 4.78 is 0. The van der Waals surface area contributed by atoms with Gasteiger partial charge in [-0.15, -0.1) is 0 Å². The van der Waals surface area contributed by atoms with Crippen LogP contribution >= 0.6 is 0 Å². The molecule has 17 heavy (non-hydrogen) atoms. The Kier molecular flexibility index (Phi) is 3.47. The van der Waals surface area contributed by atoms with Crippen molar-refractivity contribution in [2.75, 3.05) is 0 Å². The Hall–Kier alpha value is -1.77. The van der Waals surface area contributed by atoms with E-state index < -0.39 is 0 Å². The minimum atomic E-state index is -0.111. The number of hydrogen-bond acceptors (Lipinski definition) is 2. The summed E-state index contributed by atoms with van der Waals surface area (Å²) in [6.45, 7) is 1.81. The minimum Gasteiger partial charge on any atom is -0.508 e. The van der Waals surface area contributed by atoms with Crippen molar-refractivity contribution < 1.29 is 9.90 Å². The van der Waals surface area contributed by atoms with Crippen LogP contribution in [0.5, 0.6) is 5.75 Å². The summed E-state index contributed by atoms with van der Waals surface area (Å²) in [7, 11) is 0. The van der Waals surface area contributed by atoms with Crippen molar-refractivity contribution in [1.29, 1.82) is 0 Å². The van der Waals surface area contributed by atoms with Crippen molar-refractivity contribution in [2.45, 2.75) is 32.2 Å². The van der Waals surface area contributed by atoms with Crippen molar-refractivity contribution in [3.05, 3.63) is 41.5 Å². The highest BCUT2D eigenvalue weighted by Crippen LogP contribution is 2.18. The van der Waals surface area contributed by atoms with Crippen molar-refractivity contribution in [1.82, 2.24) is 5.32 Å². The van der Waals surface area contributed by atoms with Crippen LogP contribution in [0.15, 0.2) is 30.4 Å². The van der Waals surface area contributed by atoms with E-state index in [2.05, 4.69) is 17.5 Å². The zero-order valence-electron chi connectivity index (χ0n) is 9.94. The highest BCUT2D eigenvalue weighted by atomic mass is 16.3. The SMILES string of the molecule is Cc1ccc(C(=O)NC2CC=CCC2)cc1O. The fourth-order valence-corrected chi connectivity index (χ4v) is 1.94. The largest absolute Gasteiger partial charge is 0.508 e. The van der Waals surface area contributed by atoms with Gasteiger partial charge in [-0.3, -0.25) is 4.79 Å². The summed E-state index contributed by atoms with van der Waals surface area (Å²) in [4.78, 5) is 11.9. The Labute approximate surface area is 101 Å². The molecule has 0 saturated carbocycles. The summed E-state index contributed by atoms with van der Waals surface area (Å²) >= 11 is 0. The molecule has 90 valence electrons. The Balaban J connectivity index is 2.03. The normalized spacial score (nSPS) is 19.0. The first-order chi connectivity index (χ1) is 8.16. The molecule has 0 aliphatic heterocycles. The third kappa shape index (κ3) is 2.87. The van der Waals surface area contributed by atoms with E-state index in [1.807, 2.05) is 6.92 Å². The molecule has 1 aliphatic carbocycles. The predicted molar refractivity (Wildman–Crippen MR) is 67.1 cm³/mol. The number of nitrogens with one attached hydrogen (secondary N) is 1. The molecule has 3 heteroatoms. The van der Waals surface area contributed by atoms with Gasteiger partial charge >= 0.3 is 0 Å². The Morgan fingerprint density at radius 1 is 1.41 bits per heavy atom. The molecular formula is C14H17NO2. The van der Waals surface area contributed by atoms with Crippen LogP contribution in [0, 0.1) is 6.92 Å². The van der Waals surface area contributed by atoms with Gasteiger partial charge in [0.15, 0.2) is 0 Å². The third-order valence-electron chi connectivity index (χ3n) is 3.08. The summed E-state index contributed by atoms with van der Waals surface area (Å²) in [5.41, 5.74) is 1.30. The maximum Gasteiger partial charge on any atom is 0.251 e. The quantitative estimate of drug-likeness (QED) is 0.768. The smallest absolute Gasteiger partial charge is 0.251 e. The number of hydrogen-bond donors (Lipinski definition) is 2. The standard InChI is InChI=1S/C14H17NO2/c1-10-7-8-11(9-13(10)16)14(17)15-12-5-3-2-4-6-12/h2-3,7-9,12,16H,4-6H2,1H3,(H,15,17). The van der Waals surface area contributed by atoms with E-state index in [4.69, 9.17) is 0 Å². The summed E-state index contributed by atoms with van der Waals surface area (Å²) in [5, 5.41) is 12.5. The van der Waals surface area contributed by atoms with Gasteiger partial charge in [-0.05, 0) is 43.9 Å². The van der Waals surface area contributed by atoms with Crippen LogP contribution in [-0.4, -0.2) is 17.1 Å². The molecule has 0 spiro atoms. The molecule has 0 aromatic heterocycles. The summed E-state index contributed by atoms with van der Waals surface area (Å²) in [6, 6.07) is 5.23. The number of carbonyl (C=O) groups excluding carboxylic acids is 1. The highest BCUT2D eigenvalue weighted by molar-refractivity contribution is 5.94. The maximum atomic E-state index is 11.9. The van der Waals surface area contributed by atoms with E-state index in [0.29, 0.717) is 5.56 Å². The zero-order chi connectivity index (χ0) is 12.3. The summed E-state index contributed by atoms with van der Waals surface area (Å²) in [6.07, 6.45) is 7.13. The fraction of sp³-hybridized carbons (Fsp3) is 0.357. The highest BCUT2D eigenvalue weighted by Gasteiger charge is 2.14. The molecule has 0 radical (unpaired) electrons. The van der Waals surface area contributed by atoms with Crippen LogP contribution in [0.2, 0.25) is 0 Å². The van der Waals surface area contributed by atoms with Crippen molar-refractivity contribution in [2.24, 2.45) is 0 Å². The van der Waals surface area contributed by atoms with E-state index in [9.17, 15) is 9.90 Å². The molecule has 1 atom stereocenters. The first kappa shape index (κ1) is 11.7. The van der Waals surface area contributed by atoms with Gasteiger partial charge in [0.25, 0.3) is 5.91 Å². The second-order valence-corrected chi connectivity index (χ2v) is 4.46. The van der Waals surface area contributed by atoms with Crippen molar-refractivity contribution >= 4 is 5.91 Å². The first-order valence-electron chi connectivity index (χ1n) is 5.92. The van der Waals surface area contributed by atoms with E-state index in [-0.39, 0.29) is 17.7 Å². The van der Waals surface area contributed by atoms with E-state index in [0.717, 1.165) is 24.8 Å². The number of carbonyl (C=O) groups is 1. The number of phenolic OH excluding ortho intramolecular Hbond substituents is 1. The molecule has 0 bridgehead atoms. The molecule has 3 nitrogen and oxygen atoms in total. The lowest BCUT2D eigenvalue weighted by Gasteiger charge is -2.19. The Morgan fingerprint density at radius 2 is 2.24 bits per heavy atom. The molecule has 1 unspecified atom stereocenters. The minimum absolute atomic E-state index is 0.111. The number of allylic oxidation sites excluding steroid dienone is 1. The van der Waals surface area contributed by atoms with Crippen molar-refractivity contribution in [3.8, 4) is 5.75 Å². The van der Waals surface area contributed by atoms with E-state index in [1.165, 1.54) is 6.07 Å². The van der Waals surface area contributed by atoms with Crippen LogP contribution in [0.4, 0.5) is 0 Å². The number of aryl methyl sites for hydroxylation is 1. The van der Waals surface area contributed by atoms with Gasteiger partial charge in [-0.2, -0.15) is 0 Å². The average molecular weight is 231 g/mol. The van der Waals surface area contributed by atoms with Crippen LogP contribution in [0.1, 0.15) is 35.2 Å². The van der Waals surface area contributed by atoms with Gasteiger partial charge in [0.05, 0.1) is 0 Å². The third-order valence-corrected chi connectivity index (χ3v) is 3.08. The number of phenols is 1. The van der Waals surface area contributed by atoms with Crippen LogP contribution < -0.4 is 5.32 Å². The van der Waals surface area contributed by atoms with E-state index >= 15 is 0 Å². The second-order valence-electron chi connectivity index (χ2n) is 4.46. The van der Waals surface area contributed by atoms with Crippen LogP contribution in [0.3, 0.4) is 0 Å². The first-order valence-corrected chi connectivity index (χ1v) is 5.92. The molecule has 1 aromatic rings. The molecule has 0 fully saturated rings. The average Bonchev–Trinajstić information content (AvgIpc) is 2.34. The van der Waals surface area contributed by atoms with Gasteiger partial charge in [0, 0.05) is 11.6 Å². The second kappa shape index (κ2) is 5.04. The lowest BCUT2D eigenvalue weighted by atomic mass is 10.0. The number of aromatic hydroxyl groups is 1. The number of rotatable bonds is 2. The van der Waals surface area contributed by atoms with Gasteiger partial charge in [0.1, 0.15) is 5.75 Å². The molecule has 1 amide bonds. The van der Waals surface area contributed by atoms with Crippen LogP contribution in [-0.2, 0) is 0 Å². The van der Waals surface area contributed by atoms with E-state index in [1.54, 1.807) is 12.1 Å². The fourth-order valence-electron chi connectivity index (χ4n) is 1.94. The van der Waals surface area contributed by atoms with Gasteiger partial charge < -0.3 is 10.4 Å². The van der Waals surface area contributed by atoms with Gasteiger partial charge in [-0.1, -0.05) is 18.2 Å². The predicted octanol–water partition coefficient (Wildman–Crippen LogP) is 2.54. The lowest BCUT2D eigenvalue weighted by Crippen LogP contribution is -2.35. The molecule has 1 aliphatic rings. The molecule has 2 rings (SSSR count). The van der Waals surface area contributed by atoms with Gasteiger partial charge in [0.2, 0.25) is 0 Å².